The Bertz CT molecular complexity index is 915. The molecule has 0 aliphatic heterocycles. The first-order chi connectivity index (χ1) is 15.0. The predicted molar refractivity (Wildman–Crippen MR) is 129 cm³/mol. The Morgan fingerprint density at radius 2 is 1.84 bits per heavy atom. The molecular formula is C24H38N6O2. The van der Waals surface area contributed by atoms with E-state index >= 15 is 0 Å². The van der Waals surface area contributed by atoms with Gasteiger partial charge in [0, 0.05) is 32.4 Å². The van der Waals surface area contributed by atoms with E-state index in [0.29, 0.717) is 12.5 Å². The lowest BCUT2D eigenvalue weighted by molar-refractivity contribution is 0.0504. The maximum absolute atomic E-state index is 12.4. The number of benzene rings is 1. The zero-order valence-corrected chi connectivity index (χ0v) is 20.6. The number of aromatic nitrogens is 2. The third-order valence-corrected chi connectivity index (χ3v) is 5.14. The molecule has 8 heteroatoms. The molecule has 2 aromatic rings. The predicted octanol–water partition coefficient (Wildman–Crippen LogP) is 3.40. The standard InChI is InChI=1S/C24H38N6O2/c1-16(14-20-17(2)29-30(8)18(20)3)27-22(25-7)26-15-21(19-12-10-9-11-13-19)28-23(31)32-24(4,5)6/h9-13,16,21H,14-15H2,1-8H3,(H,28,31)(H2,25,26,27). The zero-order valence-electron chi connectivity index (χ0n) is 20.6. The van der Waals surface area contributed by atoms with Crippen LogP contribution < -0.4 is 16.0 Å². The SMILES string of the molecule is CN=C(NCC(NC(=O)OC(C)(C)C)c1ccccc1)NC(C)Cc1c(C)nn(C)c1C. The van der Waals surface area contributed by atoms with Crippen molar-refractivity contribution in [3.05, 3.63) is 52.8 Å². The van der Waals surface area contributed by atoms with Crippen molar-refractivity contribution < 1.29 is 9.53 Å². The van der Waals surface area contributed by atoms with Gasteiger partial charge in [-0.1, -0.05) is 30.3 Å². The van der Waals surface area contributed by atoms with Crippen LogP contribution in [0, 0.1) is 13.8 Å². The minimum atomic E-state index is -0.561. The van der Waals surface area contributed by atoms with Crippen LogP contribution >= 0.6 is 0 Å². The summed E-state index contributed by atoms with van der Waals surface area (Å²) >= 11 is 0. The molecule has 0 fully saturated rings. The van der Waals surface area contributed by atoms with Gasteiger partial charge in [0.15, 0.2) is 5.96 Å². The molecule has 0 saturated carbocycles. The lowest BCUT2D eigenvalue weighted by Gasteiger charge is -2.25. The van der Waals surface area contributed by atoms with E-state index in [1.165, 1.54) is 11.3 Å². The molecule has 0 radical (unpaired) electrons. The number of amides is 1. The number of guanidine groups is 1. The molecular weight excluding hydrogens is 404 g/mol. The molecule has 0 spiro atoms. The van der Waals surface area contributed by atoms with Gasteiger partial charge in [-0.2, -0.15) is 5.10 Å². The van der Waals surface area contributed by atoms with E-state index < -0.39 is 11.7 Å². The summed E-state index contributed by atoms with van der Waals surface area (Å²) in [5, 5.41) is 14.2. The van der Waals surface area contributed by atoms with Gasteiger partial charge in [0.05, 0.1) is 11.7 Å². The summed E-state index contributed by atoms with van der Waals surface area (Å²) < 4.78 is 7.36. The van der Waals surface area contributed by atoms with Crippen molar-refractivity contribution in [2.75, 3.05) is 13.6 Å². The molecule has 2 rings (SSSR count). The van der Waals surface area contributed by atoms with Gasteiger partial charge in [-0.3, -0.25) is 9.67 Å². The quantitative estimate of drug-likeness (QED) is 0.451. The lowest BCUT2D eigenvalue weighted by Crippen LogP contribution is -2.47. The summed E-state index contributed by atoms with van der Waals surface area (Å²) in [5.41, 5.74) is 3.89. The summed E-state index contributed by atoms with van der Waals surface area (Å²) in [5.74, 6) is 0.670. The lowest BCUT2D eigenvalue weighted by atomic mass is 10.1. The molecule has 1 aromatic heterocycles. The Balaban J connectivity index is 2.02. The summed E-state index contributed by atoms with van der Waals surface area (Å²) in [7, 11) is 3.70. The summed E-state index contributed by atoms with van der Waals surface area (Å²) in [4.78, 5) is 16.7. The van der Waals surface area contributed by atoms with Gasteiger partial charge in [0.1, 0.15) is 5.60 Å². The Hall–Kier alpha value is -3.03. The van der Waals surface area contributed by atoms with Crippen LogP contribution in [-0.4, -0.2) is 47.1 Å². The Morgan fingerprint density at radius 1 is 1.19 bits per heavy atom. The van der Waals surface area contributed by atoms with Crippen LogP contribution in [0.5, 0.6) is 0 Å². The number of aryl methyl sites for hydroxylation is 2. The molecule has 8 nitrogen and oxygen atoms in total. The summed E-state index contributed by atoms with van der Waals surface area (Å²) in [6.07, 6.45) is 0.386. The highest BCUT2D eigenvalue weighted by Crippen LogP contribution is 2.15. The molecule has 0 saturated heterocycles. The number of aliphatic imine (C=N–C) groups is 1. The highest BCUT2D eigenvalue weighted by atomic mass is 16.6. The second-order valence-corrected chi connectivity index (χ2v) is 9.09. The van der Waals surface area contributed by atoms with Crippen LogP contribution in [0.2, 0.25) is 0 Å². The maximum Gasteiger partial charge on any atom is 0.408 e. The largest absolute Gasteiger partial charge is 0.444 e. The first-order valence-corrected chi connectivity index (χ1v) is 11.0. The highest BCUT2D eigenvalue weighted by molar-refractivity contribution is 5.80. The topological polar surface area (TPSA) is 92.6 Å². The normalized spacial score (nSPS) is 13.9. The fourth-order valence-corrected chi connectivity index (χ4v) is 3.48. The van der Waals surface area contributed by atoms with E-state index in [1.807, 2.05) is 69.8 Å². The maximum atomic E-state index is 12.4. The smallest absolute Gasteiger partial charge is 0.408 e. The van der Waals surface area contributed by atoms with E-state index in [4.69, 9.17) is 4.74 Å². The first kappa shape index (κ1) is 25.2. The van der Waals surface area contributed by atoms with E-state index in [1.54, 1.807) is 7.05 Å². The average Bonchev–Trinajstić information content (AvgIpc) is 2.95. The van der Waals surface area contributed by atoms with Crippen LogP contribution in [0.25, 0.3) is 0 Å². The number of alkyl carbamates (subject to hydrolysis) is 1. The summed E-state index contributed by atoms with van der Waals surface area (Å²) in [6.45, 7) is 12.2. The second kappa shape index (κ2) is 11.0. The third kappa shape index (κ3) is 7.59. The van der Waals surface area contributed by atoms with E-state index in [-0.39, 0.29) is 12.1 Å². The zero-order chi connectivity index (χ0) is 23.9. The monoisotopic (exact) mass is 442 g/mol. The van der Waals surface area contributed by atoms with E-state index in [2.05, 4.69) is 39.9 Å². The number of nitrogens with one attached hydrogen (secondary N) is 3. The molecule has 0 bridgehead atoms. The fraction of sp³-hybridized carbons (Fsp3) is 0.542. The molecule has 32 heavy (non-hydrogen) atoms. The van der Waals surface area contributed by atoms with Crippen molar-refractivity contribution in [3.63, 3.8) is 0 Å². The van der Waals surface area contributed by atoms with Gasteiger partial charge in [0.2, 0.25) is 0 Å². The van der Waals surface area contributed by atoms with Crippen LogP contribution in [0.4, 0.5) is 4.79 Å². The molecule has 2 unspecified atom stereocenters. The molecule has 176 valence electrons. The van der Waals surface area contributed by atoms with Gasteiger partial charge < -0.3 is 20.7 Å². The minimum absolute atomic E-state index is 0.150. The third-order valence-electron chi connectivity index (χ3n) is 5.14. The van der Waals surface area contributed by atoms with Crippen molar-refractivity contribution >= 4 is 12.1 Å². The Morgan fingerprint density at radius 3 is 2.38 bits per heavy atom. The van der Waals surface area contributed by atoms with E-state index in [0.717, 1.165) is 17.7 Å². The van der Waals surface area contributed by atoms with Gasteiger partial charge in [-0.05, 0) is 59.1 Å². The van der Waals surface area contributed by atoms with Crippen molar-refractivity contribution in [1.82, 2.24) is 25.7 Å². The van der Waals surface area contributed by atoms with Crippen LogP contribution in [0.1, 0.15) is 56.3 Å². The Labute approximate surface area is 191 Å². The number of rotatable bonds is 7. The van der Waals surface area contributed by atoms with Gasteiger partial charge >= 0.3 is 6.09 Å². The second-order valence-electron chi connectivity index (χ2n) is 9.09. The number of hydrogen-bond donors (Lipinski definition) is 3. The number of carbonyl (C=O) groups is 1. The minimum Gasteiger partial charge on any atom is -0.444 e. The van der Waals surface area contributed by atoms with Crippen LogP contribution in [0.15, 0.2) is 35.3 Å². The number of carbonyl (C=O) groups excluding carboxylic acids is 1. The first-order valence-electron chi connectivity index (χ1n) is 11.0. The van der Waals surface area contributed by atoms with Gasteiger partial charge in [-0.25, -0.2) is 4.79 Å². The van der Waals surface area contributed by atoms with Crippen LogP contribution in [-0.2, 0) is 18.2 Å². The Kier molecular flexibility index (Phi) is 8.69. The number of nitrogens with zero attached hydrogens (tertiary/aromatic N) is 3. The molecule has 1 heterocycles. The number of hydrogen-bond acceptors (Lipinski definition) is 4. The number of ether oxygens (including phenoxy) is 1. The molecule has 1 amide bonds. The average molecular weight is 443 g/mol. The fourth-order valence-electron chi connectivity index (χ4n) is 3.48. The molecule has 3 N–H and O–H groups in total. The molecule has 1 aromatic carbocycles. The summed E-state index contributed by atoms with van der Waals surface area (Å²) in [6, 6.07) is 9.69. The van der Waals surface area contributed by atoms with Crippen molar-refractivity contribution in [2.45, 2.75) is 65.6 Å². The van der Waals surface area contributed by atoms with Crippen molar-refractivity contribution in [2.24, 2.45) is 12.0 Å². The van der Waals surface area contributed by atoms with Crippen molar-refractivity contribution in [1.29, 1.82) is 0 Å². The van der Waals surface area contributed by atoms with Gasteiger partial charge in [0.25, 0.3) is 0 Å². The molecule has 0 aliphatic carbocycles. The van der Waals surface area contributed by atoms with Crippen molar-refractivity contribution in [3.8, 4) is 0 Å². The van der Waals surface area contributed by atoms with Gasteiger partial charge in [-0.15, -0.1) is 0 Å². The molecule has 2 atom stereocenters. The highest BCUT2D eigenvalue weighted by Gasteiger charge is 2.21. The van der Waals surface area contributed by atoms with Crippen LogP contribution in [0.3, 0.4) is 0 Å². The molecule has 0 aliphatic rings. The van der Waals surface area contributed by atoms with E-state index in [9.17, 15) is 4.79 Å².